The summed E-state index contributed by atoms with van der Waals surface area (Å²) in [6, 6.07) is 0.253. The van der Waals surface area contributed by atoms with Gasteiger partial charge in [0.05, 0.1) is 11.9 Å². The van der Waals surface area contributed by atoms with Crippen molar-refractivity contribution in [1.82, 2.24) is 19.8 Å². The summed E-state index contributed by atoms with van der Waals surface area (Å²) in [6.07, 6.45) is 11.4. The van der Waals surface area contributed by atoms with Gasteiger partial charge in [-0.15, -0.1) is 0 Å². The van der Waals surface area contributed by atoms with Crippen molar-refractivity contribution in [3.05, 3.63) is 23.8 Å². The Morgan fingerprint density at radius 3 is 2.54 bits per heavy atom. The summed E-state index contributed by atoms with van der Waals surface area (Å²) in [6.45, 7) is 7.63. The number of hydrogen-bond donors (Lipinski definition) is 0. The van der Waals surface area contributed by atoms with Crippen molar-refractivity contribution < 1.29 is 9.53 Å². The SMILES string of the molecule is Cc1cnc(C(=O)N(CCCN2CCCCCC2)C2CCOCC2)cn1. The maximum Gasteiger partial charge on any atom is 0.274 e. The van der Waals surface area contributed by atoms with E-state index in [2.05, 4.69) is 14.9 Å². The van der Waals surface area contributed by atoms with Crippen molar-refractivity contribution in [2.45, 2.75) is 57.9 Å². The summed E-state index contributed by atoms with van der Waals surface area (Å²) < 4.78 is 5.49. The molecule has 3 heterocycles. The molecule has 6 heteroatoms. The molecule has 1 aromatic rings. The Balaban J connectivity index is 1.60. The zero-order chi connectivity index (χ0) is 18.2. The molecular weight excluding hydrogens is 328 g/mol. The predicted molar refractivity (Wildman–Crippen MR) is 101 cm³/mol. The van der Waals surface area contributed by atoms with Gasteiger partial charge in [-0.1, -0.05) is 12.8 Å². The van der Waals surface area contributed by atoms with Crippen LogP contribution in [-0.2, 0) is 4.74 Å². The van der Waals surface area contributed by atoms with Crippen molar-refractivity contribution in [2.75, 3.05) is 39.4 Å². The highest BCUT2D eigenvalue weighted by Crippen LogP contribution is 2.18. The molecule has 0 spiro atoms. The van der Waals surface area contributed by atoms with Crippen LogP contribution >= 0.6 is 0 Å². The largest absolute Gasteiger partial charge is 0.381 e. The molecule has 1 amide bonds. The highest BCUT2D eigenvalue weighted by Gasteiger charge is 2.27. The number of likely N-dealkylation sites (tertiary alicyclic amines) is 1. The van der Waals surface area contributed by atoms with Crippen LogP contribution in [0.15, 0.2) is 12.4 Å². The summed E-state index contributed by atoms with van der Waals surface area (Å²) >= 11 is 0. The minimum absolute atomic E-state index is 0.0141. The molecular formula is C20H32N4O2. The summed E-state index contributed by atoms with van der Waals surface area (Å²) in [5.74, 6) is 0.0141. The van der Waals surface area contributed by atoms with Gasteiger partial charge in [0.1, 0.15) is 5.69 Å². The van der Waals surface area contributed by atoms with Crippen LogP contribution in [0.2, 0.25) is 0 Å². The van der Waals surface area contributed by atoms with Gasteiger partial charge >= 0.3 is 0 Å². The van der Waals surface area contributed by atoms with Crippen LogP contribution in [0.1, 0.15) is 61.1 Å². The van der Waals surface area contributed by atoms with E-state index in [4.69, 9.17) is 4.74 Å². The van der Waals surface area contributed by atoms with Gasteiger partial charge in [-0.3, -0.25) is 9.78 Å². The Morgan fingerprint density at radius 2 is 1.88 bits per heavy atom. The lowest BCUT2D eigenvalue weighted by atomic mass is 10.1. The molecule has 1 aromatic heterocycles. The summed E-state index contributed by atoms with van der Waals surface area (Å²) in [4.78, 5) is 26.2. The third kappa shape index (κ3) is 5.48. The molecule has 0 atom stereocenters. The number of rotatable bonds is 6. The molecule has 144 valence electrons. The zero-order valence-electron chi connectivity index (χ0n) is 16.0. The molecule has 6 nitrogen and oxygen atoms in total. The molecule has 26 heavy (non-hydrogen) atoms. The molecule has 2 aliphatic heterocycles. The first kappa shape index (κ1) is 19.2. The Hall–Kier alpha value is -1.53. The van der Waals surface area contributed by atoms with E-state index in [0.29, 0.717) is 5.69 Å². The van der Waals surface area contributed by atoms with E-state index < -0.39 is 0 Å². The Bertz CT molecular complexity index is 549. The molecule has 0 N–H and O–H groups in total. The second-order valence-corrected chi connectivity index (χ2v) is 7.49. The first-order valence-electron chi connectivity index (χ1n) is 10.1. The van der Waals surface area contributed by atoms with E-state index in [-0.39, 0.29) is 11.9 Å². The molecule has 0 aliphatic carbocycles. The van der Waals surface area contributed by atoms with Crippen molar-refractivity contribution in [3.63, 3.8) is 0 Å². The molecule has 2 fully saturated rings. The molecule has 0 unspecified atom stereocenters. The van der Waals surface area contributed by atoms with Crippen LogP contribution < -0.4 is 0 Å². The first-order chi connectivity index (χ1) is 12.7. The van der Waals surface area contributed by atoms with Crippen LogP contribution in [0, 0.1) is 6.92 Å². The van der Waals surface area contributed by atoms with Gasteiger partial charge in [-0.05, 0) is 58.7 Å². The van der Waals surface area contributed by atoms with Crippen LogP contribution in [0.5, 0.6) is 0 Å². The number of amides is 1. The van der Waals surface area contributed by atoms with E-state index in [0.717, 1.165) is 51.3 Å². The summed E-state index contributed by atoms with van der Waals surface area (Å²) in [7, 11) is 0. The van der Waals surface area contributed by atoms with Gasteiger partial charge in [0, 0.05) is 32.0 Å². The van der Waals surface area contributed by atoms with E-state index in [1.54, 1.807) is 12.4 Å². The van der Waals surface area contributed by atoms with Gasteiger partial charge in [-0.2, -0.15) is 0 Å². The zero-order valence-corrected chi connectivity index (χ0v) is 16.0. The minimum atomic E-state index is 0.0141. The second-order valence-electron chi connectivity index (χ2n) is 7.49. The van der Waals surface area contributed by atoms with Gasteiger partial charge in [-0.25, -0.2) is 4.98 Å². The van der Waals surface area contributed by atoms with Crippen LogP contribution in [0.4, 0.5) is 0 Å². The highest BCUT2D eigenvalue weighted by molar-refractivity contribution is 5.92. The maximum absolute atomic E-state index is 13.1. The fourth-order valence-electron chi connectivity index (χ4n) is 3.92. The van der Waals surface area contributed by atoms with Crippen molar-refractivity contribution in [3.8, 4) is 0 Å². The molecule has 0 saturated carbocycles. The minimum Gasteiger partial charge on any atom is -0.381 e. The summed E-state index contributed by atoms with van der Waals surface area (Å²) in [5, 5.41) is 0. The lowest BCUT2D eigenvalue weighted by molar-refractivity contribution is 0.0276. The summed E-state index contributed by atoms with van der Waals surface area (Å²) in [5.41, 5.74) is 1.29. The molecule has 2 aliphatic rings. The lowest BCUT2D eigenvalue weighted by Crippen LogP contribution is -2.45. The van der Waals surface area contributed by atoms with Gasteiger partial charge in [0.15, 0.2) is 0 Å². The molecule has 2 saturated heterocycles. The van der Waals surface area contributed by atoms with Gasteiger partial charge in [0.2, 0.25) is 0 Å². The maximum atomic E-state index is 13.1. The van der Waals surface area contributed by atoms with Crippen LogP contribution in [-0.4, -0.2) is 71.1 Å². The van der Waals surface area contributed by atoms with Crippen molar-refractivity contribution in [2.24, 2.45) is 0 Å². The van der Waals surface area contributed by atoms with Gasteiger partial charge < -0.3 is 14.5 Å². The predicted octanol–water partition coefficient (Wildman–Crippen LogP) is 2.67. The number of nitrogens with zero attached hydrogens (tertiary/aromatic N) is 4. The number of carbonyl (C=O) groups is 1. The fourth-order valence-corrected chi connectivity index (χ4v) is 3.92. The quantitative estimate of drug-likeness (QED) is 0.781. The topological polar surface area (TPSA) is 58.6 Å². The highest BCUT2D eigenvalue weighted by atomic mass is 16.5. The molecule has 3 rings (SSSR count). The number of hydrogen-bond acceptors (Lipinski definition) is 5. The fraction of sp³-hybridized carbons (Fsp3) is 0.750. The van der Waals surface area contributed by atoms with E-state index in [9.17, 15) is 4.79 Å². The Labute approximate surface area is 156 Å². The van der Waals surface area contributed by atoms with E-state index in [1.165, 1.54) is 38.8 Å². The van der Waals surface area contributed by atoms with E-state index >= 15 is 0 Å². The van der Waals surface area contributed by atoms with Crippen LogP contribution in [0.3, 0.4) is 0 Å². The molecule has 0 aromatic carbocycles. The van der Waals surface area contributed by atoms with Gasteiger partial charge in [0.25, 0.3) is 5.91 Å². The lowest BCUT2D eigenvalue weighted by Gasteiger charge is -2.34. The molecule has 0 bridgehead atoms. The van der Waals surface area contributed by atoms with Crippen LogP contribution in [0.25, 0.3) is 0 Å². The molecule has 0 radical (unpaired) electrons. The number of ether oxygens (including phenoxy) is 1. The van der Waals surface area contributed by atoms with E-state index in [1.807, 2.05) is 11.8 Å². The van der Waals surface area contributed by atoms with Crippen molar-refractivity contribution in [1.29, 1.82) is 0 Å². The average molecular weight is 361 g/mol. The second kappa shape index (κ2) is 9.97. The Morgan fingerprint density at radius 1 is 1.15 bits per heavy atom. The normalized spacial score (nSPS) is 19.9. The monoisotopic (exact) mass is 360 g/mol. The number of aryl methyl sites for hydroxylation is 1. The van der Waals surface area contributed by atoms with Crippen molar-refractivity contribution >= 4 is 5.91 Å². The average Bonchev–Trinajstić information content (AvgIpc) is 2.95. The smallest absolute Gasteiger partial charge is 0.274 e. The number of aromatic nitrogens is 2. The standard InChI is InChI=1S/C20H32N4O2/c1-17-15-22-19(16-21-17)20(25)24(18-7-13-26-14-8-18)12-6-11-23-9-4-2-3-5-10-23/h15-16,18H,2-14H2,1H3. The third-order valence-electron chi connectivity index (χ3n) is 5.46. The third-order valence-corrected chi connectivity index (χ3v) is 5.46. The number of carbonyl (C=O) groups excluding carboxylic acids is 1. The first-order valence-corrected chi connectivity index (χ1v) is 10.1. The Kier molecular flexibility index (Phi) is 7.38.